The quantitative estimate of drug-likeness (QED) is 0.357. The number of nitrogens with zero attached hydrogens (tertiary/aromatic N) is 4. The number of nitro groups is 1. The fourth-order valence-corrected chi connectivity index (χ4v) is 6.28. The van der Waals surface area contributed by atoms with E-state index in [0.29, 0.717) is 55.3 Å². The molecule has 3 aliphatic heterocycles. The lowest BCUT2D eigenvalue weighted by Crippen LogP contribution is -2.54. The van der Waals surface area contributed by atoms with Crippen molar-refractivity contribution in [3.05, 3.63) is 93.0 Å². The number of methoxy groups -OCH3 is 2. The van der Waals surface area contributed by atoms with E-state index in [1.54, 1.807) is 31.4 Å². The molecule has 40 heavy (non-hydrogen) atoms. The van der Waals surface area contributed by atoms with Gasteiger partial charge in [-0.05, 0) is 47.4 Å². The molecule has 1 fully saturated rings. The van der Waals surface area contributed by atoms with Crippen LogP contribution in [-0.4, -0.2) is 73.5 Å². The van der Waals surface area contributed by atoms with Crippen molar-refractivity contribution in [2.24, 2.45) is 0 Å². The van der Waals surface area contributed by atoms with Crippen molar-refractivity contribution < 1.29 is 24.0 Å². The van der Waals surface area contributed by atoms with E-state index in [0.717, 1.165) is 23.2 Å². The zero-order valence-corrected chi connectivity index (χ0v) is 22.4. The minimum absolute atomic E-state index is 0.0315. The lowest BCUT2D eigenvalue weighted by Gasteiger charge is -2.47. The van der Waals surface area contributed by atoms with Crippen LogP contribution < -0.4 is 14.4 Å². The fraction of sp³-hybridized carbons (Fsp3) is 0.333. The fourth-order valence-electron chi connectivity index (χ4n) is 6.28. The molecule has 206 valence electrons. The van der Waals surface area contributed by atoms with E-state index in [1.807, 2.05) is 28.0 Å². The van der Waals surface area contributed by atoms with Crippen LogP contribution in [0.15, 0.2) is 60.7 Å². The van der Waals surface area contributed by atoms with Crippen LogP contribution >= 0.6 is 0 Å². The van der Waals surface area contributed by atoms with Crippen LogP contribution in [0.3, 0.4) is 0 Å². The third kappa shape index (κ3) is 4.20. The number of carbonyl (C=O) groups excluding carboxylic acids is 2. The van der Waals surface area contributed by atoms with Crippen LogP contribution in [0.1, 0.15) is 39.0 Å². The molecule has 1 saturated heterocycles. The maximum absolute atomic E-state index is 14.4. The Morgan fingerprint density at radius 2 is 1.57 bits per heavy atom. The number of hydrogen-bond acceptors (Lipinski definition) is 7. The molecular weight excluding hydrogens is 512 g/mol. The van der Waals surface area contributed by atoms with Crippen molar-refractivity contribution in [1.82, 2.24) is 9.80 Å². The van der Waals surface area contributed by atoms with Crippen molar-refractivity contribution in [3.8, 4) is 11.5 Å². The third-order valence-electron chi connectivity index (χ3n) is 8.31. The number of piperazine rings is 1. The highest BCUT2D eigenvalue weighted by molar-refractivity contribution is 6.02. The van der Waals surface area contributed by atoms with Crippen LogP contribution in [-0.2, 0) is 11.2 Å². The van der Waals surface area contributed by atoms with Gasteiger partial charge in [-0.3, -0.25) is 19.7 Å². The first-order valence-electron chi connectivity index (χ1n) is 13.3. The van der Waals surface area contributed by atoms with Gasteiger partial charge in [-0.25, -0.2) is 0 Å². The number of non-ortho nitro benzene ring substituents is 1. The number of carbonyl (C=O) groups is 2. The summed E-state index contributed by atoms with van der Waals surface area (Å²) in [4.78, 5) is 44.7. The summed E-state index contributed by atoms with van der Waals surface area (Å²) in [6.07, 6.45) is 0.732. The molecule has 0 bridgehead atoms. The standard InChI is InChI=1S/C30H30N4O6/c1-39-25-17-23-24(18-26(25)40-2)29(35)33-12-11-19-5-3-4-6-22(19)28(33)27(23)30(36)32-15-13-31(14-16-32)20-7-9-21(10-8-20)34(37)38/h3-10,17-18,27-28H,11-16H2,1-2H3/t27-,28-/m0/s1. The van der Waals surface area contributed by atoms with E-state index in [2.05, 4.69) is 11.0 Å². The summed E-state index contributed by atoms with van der Waals surface area (Å²) >= 11 is 0. The molecule has 3 aromatic carbocycles. The molecule has 3 aliphatic rings. The number of ether oxygens (including phenoxy) is 2. The monoisotopic (exact) mass is 542 g/mol. The summed E-state index contributed by atoms with van der Waals surface area (Å²) in [6, 6.07) is 17.6. The number of fused-ring (bicyclic) bond motifs is 4. The molecule has 10 heteroatoms. The van der Waals surface area contributed by atoms with Gasteiger partial charge in [-0.15, -0.1) is 0 Å². The highest BCUT2D eigenvalue weighted by atomic mass is 16.6. The highest BCUT2D eigenvalue weighted by Crippen LogP contribution is 2.49. The second kappa shape index (κ2) is 10.2. The van der Waals surface area contributed by atoms with Gasteiger partial charge in [-0.2, -0.15) is 0 Å². The zero-order valence-electron chi connectivity index (χ0n) is 22.4. The second-order valence-electron chi connectivity index (χ2n) is 10.3. The molecule has 2 amide bonds. The number of rotatable bonds is 5. The lowest BCUT2D eigenvalue weighted by molar-refractivity contribution is -0.384. The minimum atomic E-state index is -0.597. The van der Waals surface area contributed by atoms with E-state index >= 15 is 0 Å². The second-order valence-corrected chi connectivity index (χ2v) is 10.3. The summed E-state index contributed by atoms with van der Waals surface area (Å²) in [6.45, 7) is 2.72. The van der Waals surface area contributed by atoms with Gasteiger partial charge in [0.05, 0.1) is 31.1 Å². The molecule has 0 unspecified atom stereocenters. The van der Waals surface area contributed by atoms with E-state index < -0.39 is 16.9 Å². The molecule has 3 aromatic rings. The van der Waals surface area contributed by atoms with E-state index in [1.165, 1.54) is 19.2 Å². The number of amides is 2. The van der Waals surface area contributed by atoms with E-state index in [9.17, 15) is 19.7 Å². The Morgan fingerprint density at radius 1 is 0.900 bits per heavy atom. The maximum Gasteiger partial charge on any atom is 0.269 e. The van der Waals surface area contributed by atoms with Crippen LogP contribution in [0.5, 0.6) is 11.5 Å². The maximum atomic E-state index is 14.4. The zero-order chi connectivity index (χ0) is 28.0. The summed E-state index contributed by atoms with van der Waals surface area (Å²) in [5.74, 6) is 0.194. The largest absolute Gasteiger partial charge is 0.493 e. The number of nitro benzene ring substituents is 1. The van der Waals surface area contributed by atoms with Gasteiger partial charge in [0, 0.05) is 56.1 Å². The average molecular weight is 543 g/mol. The normalized spacial score (nSPS) is 19.9. The van der Waals surface area contributed by atoms with Gasteiger partial charge < -0.3 is 24.2 Å². The summed E-state index contributed by atoms with van der Waals surface area (Å²) in [5.41, 5.74) is 4.22. The highest BCUT2D eigenvalue weighted by Gasteiger charge is 2.48. The Kier molecular flexibility index (Phi) is 6.53. The first kappa shape index (κ1) is 25.7. The Hall–Kier alpha value is -4.60. The van der Waals surface area contributed by atoms with E-state index in [-0.39, 0.29) is 17.5 Å². The number of anilines is 1. The molecule has 0 radical (unpaired) electrons. The number of hydrogen-bond donors (Lipinski definition) is 0. The van der Waals surface area contributed by atoms with Gasteiger partial charge in [0.15, 0.2) is 11.5 Å². The molecule has 6 rings (SSSR count). The average Bonchev–Trinajstić information content (AvgIpc) is 3.00. The Bertz CT molecular complexity index is 1480. The molecule has 2 atom stereocenters. The predicted octanol–water partition coefficient (Wildman–Crippen LogP) is 3.80. The van der Waals surface area contributed by atoms with Crippen molar-refractivity contribution in [2.75, 3.05) is 51.8 Å². The first-order valence-corrected chi connectivity index (χ1v) is 13.3. The summed E-state index contributed by atoms with van der Waals surface area (Å²) in [7, 11) is 3.08. The van der Waals surface area contributed by atoms with E-state index in [4.69, 9.17) is 9.47 Å². The topological polar surface area (TPSA) is 105 Å². The molecule has 0 spiro atoms. The van der Waals surface area contributed by atoms with Crippen molar-refractivity contribution in [3.63, 3.8) is 0 Å². The molecule has 0 aromatic heterocycles. The van der Waals surface area contributed by atoms with Crippen molar-refractivity contribution in [2.45, 2.75) is 18.4 Å². The third-order valence-corrected chi connectivity index (χ3v) is 8.31. The summed E-state index contributed by atoms with van der Waals surface area (Å²) < 4.78 is 11.1. The first-order chi connectivity index (χ1) is 19.4. The SMILES string of the molecule is COc1cc2c(cc1OC)[C@H](C(=O)N1CCN(c3ccc([N+](=O)[O-])cc3)CC1)[C@@H]1c3ccccc3CCN1C2=O. The molecule has 10 nitrogen and oxygen atoms in total. The molecule has 0 aliphatic carbocycles. The van der Waals surface area contributed by atoms with Gasteiger partial charge in [0.25, 0.3) is 11.6 Å². The van der Waals surface area contributed by atoms with Crippen molar-refractivity contribution in [1.29, 1.82) is 0 Å². The lowest BCUT2D eigenvalue weighted by atomic mass is 9.75. The minimum Gasteiger partial charge on any atom is -0.493 e. The van der Waals surface area contributed by atoms with Crippen LogP contribution in [0, 0.1) is 10.1 Å². The molecular formula is C30H30N4O6. The smallest absolute Gasteiger partial charge is 0.269 e. The molecule has 0 saturated carbocycles. The molecule has 3 heterocycles. The van der Waals surface area contributed by atoms with Crippen molar-refractivity contribution >= 4 is 23.2 Å². The van der Waals surface area contributed by atoms with Crippen LogP contribution in [0.4, 0.5) is 11.4 Å². The molecule has 0 N–H and O–H groups in total. The Morgan fingerprint density at radius 3 is 2.25 bits per heavy atom. The van der Waals surface area contributed by atoms with Crippen LogP contribution in [0.2, 0.25) is 0 Å². The van der Waals surface area contributed by atoms with Gasteiger partial charge in [0.1, 0.15) is 0 Å². The van der Waals surface area contributed by atoms with Gasteiger partial charge in [-0.1, -0.05) is 24.3 Å². The van der Waals surface area contributed by atoms with Crippen LogP contribution in [0.25, 0.3) is 0 Å². The predicted molar refractivity (Wildman–Crippen MR) is 148 cm³/mol. The summed E-state index contributed by atoms with van der Waals surface area (Å²) in [5, 5.41) is 11.0. The number of benzene rings is 3. The van der Waals surface area contributed by atoms with Gasteiger partial charge in [0.2, 0.25) is 5.91 Å². The Balaban J connectivity index is 1.34. The Labute approximate surface area is 231 Å². The van der Waals surface area contributed by atoms with Gasteiger partial charge >= 0.3 is 0 Å².